The molecular formula is C15H17NO. The lowest BCUT2D eigenvalue weighted by molar-refractivity contribution is 0.150. The number of nitrogens with one attached hydrogen (secondary N) is 1. The van der Waals surface area contributed by atoms with Crippen LogP contribution < -0.4 is 10.1 Å². The summed E-state index contributed by atoms with van der Waals surface area (Å²) >= 11 is 0. The topological polar surface area (TPSA) is 21.3 Å². The van der Waals surface area contributed by atoms with Gasteiger partial charge in [0.1, 0.15) is 11.9 Å². The average Bonchev–Trinajstić information content (AvgIpc) is 2.58. The first-order valence-electron chi connectivity index (χ1n) is 6.58. The fraction of sp³-hybridized carbons (Fsp3) is 0.467. The van der Waals surface area contributed by atoms with E-state index < -0.39 is 0 Å². The van der Waals surface area contributed by atoms with Crippen LogP contribution in [0.15, 0.2) is 30.4 Å². The zero-order chi connectivity index (χ0) is 11.3. The minimum Gasteiger partial charge on any atom is -0.489 e. The summed E-state index contributed by atoms with van der Waals surface area (Å²) in [6.45, 7) is 2.06. The van der Waals surface area contributed by atoms with Crippen molar-refractivity contribution in [2.45, 2.75) is 37.3 Å². The summed E-state index contributed by atoms with van der Waals surface area (Å²) in [5, 5.41) is 3.53. The van der Waals surface area contributed by atoms with Crippen molar-refractivity contribution in [1.82, 2.24) is 5.32 Å². The molecule has 1 N–H and O–H groups in total. The molecular weight excluding hydrogens is 210 g/mol. The Balaban J connectivity index is 1.99. The van der Waals surface area contributed by atoms with Crippen LogP contribution in [0.5, 0.6) is 5.75 Å². The molecule has 1 aliphatic carbocycles. The third-order valence-electron chi connectivity index (χ3n) is 4.46. The summed E-state index contributed by atoms with van der Waals surface area (Å²) in [5.74, 6) is 1.13. The molecule has 3 aliphatic rings. The number of rotatable bonds is 0. The van der Waals surface area contributed by atoms with Crippen molar-refractivity contribution >= 4 is 0 Å². The first-order chi connectivity index (χ1) is 8.40. The molecule has 2 nitrogen and oxygen atoms in total. The standard InChI is InChI=1S/C15H17NO/c1-2-7-15-8-9-16-10-11-4-3-5-12(14(11)15)17-13(15)6-1/h2-5,7,13,16H,1,6,8-10H2. The lowest BCUT2D eigenvalue weighted by Crippen LogP contribution is -2.39. The highest BCUT2D eigenvalue weighted by molar-refractivity contribution is 5.54. The molecule has 1 spiro atoms. The molecule has 2 aliphatic heterocycles. The molecule has 17 heavy (non-hydrogen) atoms. The van der Waals surface area contributed by atoms with E-state index >= 15 is 0 Å². The van der Waals surface area contributed by atoms with Crippen molar-refractivity contribution in [3.05, 3.63) is 41.5 Å². The largest absolute Gasteiger partial charge is 0.489 e. The van der Waals surface area contributed by atoms with Gasteiger partial charge >= 0.3 is 0 Å². The Hall–Kier alpha value is -1.28. The Morgan fingerprint density at radius 1 is 1.35 bits per heavy atom. The Morgan fingerprint density at radius 2 is 2.35 bits per heavy atom. The van der Waals surface area contributed by atoms with Crippen LogP contribution in [-0.2, 0) is 12.0 Å². The van der Waals surface area contributed by atoms with Crippen molar-refractivity contribution < 1.29 is 4.74 Å². The fourth-order valence-corrected chi connectivity index (χ4v) is 3.71. The van der Waals surface area contributed by atoms with Gasteiger partial charge < -0.3 is 10.1 Å². The van der Waals surface area contributed by atoms with E-state index in [1.807, 2.05) is 0 Å². The molecule has 2 atom stereocenters. The van der Waals surface area contributed by atoms with E-state index in [4.69, 9.17) is 4.74 Å². The minimum absolute atomic E-state index is 0.160. The first kappa shape index (κ1) is 9.72. The molecule has 0 saturated carbocycles. The van der Waals surface area contributed by atoms with Gasteiger partial charge in [-0.15, -0.1) is 0 Å². The van der Waals surface area contributed by atoms with Gasteiger partial charge in [0.05, 0.1) is 5.41 Å². The fourth-order valence-electron chi connectivity index (χ4n) is 3.71. The van der Waals surface area contributed by atoms with Crippen LogP contribution in [0.25, 0.3) is 0 Å². The van der Waals surface area contributed by atoms with E-state index in [0.29, 0.717) is 6.10 Å². The van der Waals surface area contributed by atoms with Gasteiger partial charge in [-0.05, 0) is 37.4 Å². The van der Waals surface area contributed by atoms with Gasteiger partial charge in [-0.2, -0.15) is 0 Å². The smallest absolute Gasteiger partial charge is 0.124 e. The number of hydrogen-bond donors (Lipinski definition) is 1. The third kappa shape index (κ3) is 1.19. The van der Waals surface area contributed by atoms with Crippen LogP contribution >= 0.6 is 0 Å². The van der Waals surface area contributed by atoms with E-state index in [2.05, 4.69) is 35.7 Å². The maximum atomic E-state index is 6.20. The third-order valence-corrected chi connectivity index (χ3v) is 4.46. The molecule has 2 heterocycles. The number of allylic oxidation sites excluding steroid dienone is 1. The van der Waals surface area contributed by atoms with Crippen molar-refractivity contribution in [2.75, 3.05) is 6.54 Å². The lowest BCUT2D eigenvalue weighted by Gasteiger charge is -2.33. The van der Waals surface area contributed by atoms with Gasteiger partial charge in [0.2, 0.25) is 0 Å². The predicted molar refractivity (Wildman–Crippen MR) is 67.2 cm³/mol. The van der Waals surface area contributed by atoms with Crippen LogP contribution in [0, 0.1) is 0 Å². The molecule has 1 aromatic carbocycles. The lowest BCUT2D eigenvalue weighted by atomic mass is 9.69. The average molecular weight is 227 g/mol. The number of benzene rings is 1. The summed E-state index contributed by atoms with van der Waals surface area (Å²) in [6.07, 6.45) is 8.61. The summed E-state index contributed by atoms with van der Waals surface area (Å²) in [5.41, 5.74) is 3.05. The van der Waals surface area contributed by atoms with Gasteiger partial charge in [0, 0.05) is 12.1 Å². The van der Waals surface area contributed by atoms with Gasteiger partial charge in [-0.25, -0.2) is 0 Å². The van der Waals surface area contributed by atoms with Gasteiger partial charge in [-0.1, -0.05) is 24.3 Å². The summed E-state index contributed by atoms with van der Waals surface area (Å²) in [6, 6.07) is 6.50. The molecule has 2 heteroatoms. The first-order valence-corrected chi connectivity index (χ1v) is 6.58. The van der Waals surface area contributed by atoms with Gasteiger partial charge in [0.15, 0.2) is 0 Å². The monoisotopic (exact) mass is 227 g/mol. The second-order valence-corrected chi connectivity index (χ2v) is 5.34. The highest BCUT2D eigenvalue weighted by atomic mass is 16.5. The summed E-state index contributed by atoms with van der Waals surface area (Å²) < 4.78 is 6.20. The zero-order valence-corrected chi connectivity index (χ0v) is 9.91. The molecule has 0 fully saturated rings. The molecule has 0 radical (unpaired) electrons. The zero-order valence-electron chi connectivity index (χ0n) is 9.91. The molecule has 0 aromatic heterocycles. The van der Waals surface area contributed by atoms with Crippen LogP contribution in [0.2, 0.25) is 0 Å². The van der Waals surface area contributed by atoms with E-state index in [1.54, 1.807) is 0 Å². The van der Waals surface area contributed by atoms with Crippen LogP contribution in [0.1, 0.15) is 30.4 Å². The normalized spacial score (nSPS) is 33.5. The summed E-state index contributed by atoms with van der Waals surface area (Å²) in [4.78, 5) is 0. The van der Waals surface area contributed by atoms with E-state index in [1.165, 1.54) is 11.1 Å². The minimum atomic E-state index is 0.160. The maximum absolute atomic E-state index is 6.20. The molecule has 0 bridgehead atoms. The second kappa shape index (κ2) is 3.36. The Kier molecular flexibility index (Phi) is 1.92. The van der Waals surface area contributed by atoms with E-state index in [0.717, 1.165) is 38.1 Å². The quantitative estimate of drug-likeness (QED) is 0.688. The number of ether oxygens (including phenoxy) is 1. The number of hydrogen-bond acceptors (Lipinski definition) is 2. The van der Waals surface area contributed by atoms with Crippen molar-refractivity contribution in [2.24, 2.45) is 0 Å². The summed E-state index contributed by atoms with van der Waals surface area (Å²) in [7, 11) is 0. The maximum Gasteiger partial charge on any atom is 0.124 e. The second-order valence-electron chi connectivity index (χ2n) is 5.34. The van der Waals surface area contributed by atoms with Crippen molar-refractivity contribution in [1.29, 1.82) is 0 Å². The van der Waals surface area contributed by atoms with Crippen molar-refractivity contribution in [3.63, 3.8) is 0 Å². The molecule has 88 valence electrons. The molecule has 0 amide bonds. The highest BCUT2D eigenvalue weighted by Gasteiger charge is 2.49. The molecule has 0 saturated heterocycles. The van der Waals surface area contributed by atoms with Crippen LogP contribution in [0.4, 0.5) is 0 Å². The van der Waals surface area contributed by atoms with Crippen molar-refractivity contribution in [3.8, 4) is 5.75 Å². The molecule has 2 unspecified atom stereocenters. The molecule has 1 aromatic rings. The van der Waals surface area contributed by atoms with Crippen LogP contribution in [0.3, 0.4) is 0 Å². The van der Waals surface area contributed by atoms with Crippen LogP contribution in [-0.4, -0.2) is 12.6 Å². The Labute approximate surface area is 102 Å². The Morgan fingerprint density at radius 3 is 3.35 bits per heavy atom. The predicted octanol–water partition coefficient (Wildman–Crippen LogP) is 2.53. The van der Waals surface area contributed by atoms with Gasteiger partial charge in [0.25, 0.3) is 0 Å². The Bertz CT molecular complexity index is 494. The highest BCUT2D eigenvalue weighted by Crippen LogP contribution is 2.51. The van der Waals surface area contributed by atoms with E-state index in [-0.39, 0.29) is 5.41 Å². The SMILES string of the molecule is C1=CC23CCNCc4cccc(c42)OC3CC1. The molecule has 4 rings (SSSR count). The van der Waals surface area contributed by atoms with E-state index in [9.17, 15) is 0 Å². The van der Waals surface area contributed by atoms with Gasteiger partial charge in [-0.3, -0.25) is 0 Å².